The topological polar surface area (TPSA) is 51.2 Å². The smallest absolute Gasteiger partial charge is 0.255 e. The molecule has 0 saturated heterocycles. The first-order valence-electron chi connectivity index (χ1n) is 7.17. The Labute approximate surface area is 129 Å². The van der Waals surface area contributed by atoms with Gasteiger partial charge in [-0.3, -0.25) is 4.79 Å². The summed E-state index contributed by atoms with van der Waals surface area (Å²) in [6, 6.07) is 7.31. The number of benzene rings is 1. The van der Waals surface area contributed by atoms with Crippen molar-refractivity contribution in [1.82, 2.24) is 10.3 Å². The SMILES string of the molecule is CCCOc1ccccc1C(=O)NCc1nc(CC)cs1. The number of carbonyl (C=O) groups is 1. The molecule has 0 aliphatic heterocycles. The number of amides is 1. The predicted molar refractivity (Wildman–Crippen MR) is 84.9 cm³/mol. The molecular weight excluding hydrogens is 284 g/mol. The Morgan fingerprint density at radius 1 is 1.33 bits per heavy atom. The lowest BCUT2D eigenvalue weighted by Crippen LogP contribution is -2.23. The molecule has 0 spiro atoms. The van der Waals surface area contributed by atoms with Crippen LogP contribution in [-0.4, -0.2) is 17.5 Å². The van der Waals surface area contributed by atoms with Crippen LogP contribution in [-0.2, 0) is 13.0 Å². The van der Waals surface area contributed by atoms with Crippen LogP contribution in [0.5, 0.6) is 5.75 Å². The minimum Gasteiger partial charge on any atom is -0.493 e. The quantitative estimate of drug-likeness (QED) is 0.852. The van der Waals surface area contributed by atoms with Gasteiger partial charge in [-0.15, -0.1) is 11.3 Å². The number of thiazole rings is 1. The lowest BCUT2D eigenvalue weighted by atomic mass is 10.2. The Hall–Kier alpha value is -1.88. The average molecular weight is 304 g/mol. The molecule has 1 N–H and O–H groups in total. The molecule has 1 amide bonds. The van der Waals surface area contributed by atoms with Crippen LogP contribution < -0.4 is 10.1 Å². The van der Waals surface area contributed by atoms with Gasteiger partial charge in [0.2, 0.25) is 0 Å². The van der Waals surface area contributed by atoms with Crippen LogP contribution in [0, 0.1) is 0 Å². The Morgan fingerprint density at radius 2 is 2.14 bits per heavy atom. The summed E-state index contributed by atoms with van der Waals surface area (Å²) in [6.07, 6.45) is 1.83. The van der Waals surface area contributed by atoms with Crippen LogP contribution in [0.3, 0.4) is 0 Å². The van der Waals surface area contributed by atoms with E-state index in [9.17, 15) is 4.79 Å². The molecule has 0 unspecified atom stereocenters. The first-order valence-corrected chi connectivity index (χ1v) is 8.05. The summed E-state index contributed by atoms with van der Waals surface area (Å²) in [7, 11) is 0. The number of nitrogens with zero attached hydrogens (tertiary/aromatic N) is 1. The highest BCUT2D eigenvalue weighted by Gasteiger charge is 2.12. The third kappa shape index (κ3) is 4.29. The van der Waals surface area contributed by atoms with Crippen molar-refractivity contribution in [3.8, 4) is 5.75 Å². The highest BCUT2D eigenvalue weighted by molar-refractivity contribution is 7.09. The number of rotatable bonds is 7. The number of para-hydroxylation sites is 1. The third-order valence-electron chi connectivity index (χ3n) is 2.96. The third-order valence-corrected chi connectivity index (χ3v) is 3.85. The second-order valence-electron chi connectivity index (χ2n) is 4.61. The highest BCUT2D eigenvalue weighted by atomic mass is 32.1. The van der Waals surface area contributed by atoms with Crippen molar-refractivity contribution in [2.75, 3.05) is 6.61 Å². The number of hydrogen-bond donors (Lipinski definition) is 1. The number of ether oxygens (including phenoxy) is 1. The van der Waals surface area contributed by atoms with Crippen molar-refractivity contribution in [3.63, 3.8) is 0 Å². The number of hydrogen-bond acceptors (Lipinski definition) is 4. The Balaban J connectivity index is 1.99. The molecule has 112 valence electrons. The summed E-state index contributed by atoms with van der Waals surface area (Å²) in [5.74, 6) is 0.500. The zero-order valence-corrected chi connectivity index (χ0v) is 13.2. The maximum atomic E-state index is 12.3. The summed E-state index contributed by atoms with van der Waals surface area (Å²) in [5.41, 5.74) is 1.63. The van der Waals surface area contributed by atoms with E-state index < -0.39 is 0 Å². The largest absolute Gasteiger partial charge is 0.493 e. The maximum absolute atomic E-state index is 12.3. The van der Waals surface area contributed by atoms with E-state index in [1.807, 2.05) is 30.5 Å². The van der Waals surface area contributed by atoms with Crippen LogP contribution in [0.1, 0.15) is 41.3 Å². The van der Waals surface area contributed by atoms with E-state index in [4.69, 9.17) is 4.74 Å². The molecule has 21 heavy (non-hydrogen) atoms. The van der Waals surface area contributed by atoms with E-state index in [1.165, 1.54) is 0 Å². The van der Waals surface area contributed by atoms with Gasteiger partial charge < -0.3 is 10.1 Å². The van der Waals surface area contributed by atoms with E-state index in [2.05, 4.69) is 17.2 Å². The maximum Gasteiger partial charge on any atom is 0.255 e. The van der Waals surface area contributed by atoms with Crippen LogP contribution in [0.4, 0.5) is 0 Å². The summed E-state index contributed by atoms with van der Waals surface area (Å²) < 4.78 is 5.61. The molecule has 0 fully saturated rings. The number of nitrogens with one attached hydrogen (secondary N) is 1. The second-order valence-corrected chi connectivity index (χ2v) is 5.56. The molecule has 0 saturated carbocycles. The van der Waals surface area contributed by atoms with Crippen molar-refractivity contribution in [2.45, 2.75) is 33.2 Å². The normalized spacial score (nSPS) is 10.4. The van der Waals surface area contributed by atoms with E-state index in [-0.39, 0.29) is 5.91 Å². The molecule has 0 bridgehead atoms. The van der Waals surface area contributed by atoms with E-state index in [0.717, 1.165) is 23.5 Å². The average Bonchev–Trinajstić information content (AvgIpc) is 2.99. The zero-order chi connectivity index (χ0) is 15.1. The van der Waals surface area contributed by atoms with Crippen LogP contribution in [0.25, 0.3) is 0 Å². The number of carbonyl (C=O) groups excluding carboxylic acids is 1. The number of aromatic nitrogens is 1. The fraction of sp³-hybridized carbons (Fsp3) is 0.375. The fourth-order valence-electron chi connectivity index (χ4n) is 1.84. The summed E-state index contributed by atoms with van der Waals surface area (Å²) in [5, 5.41) is 5.85. The standard InChI is InChI=1S/C16H20N2O2S/c1-3-9-20-14-8-6-5-7-13(14)16(19)17-10-15-18-12(4-2)11-21-15/h5-8,11H,3-4,9-10H2,1-2H3,(H,17,19). The fourth-order valence-corrected chi connectivity index (χ4v) is 2.65. The van der Waals surface area contributed by atoms with Crippen LogP contribution in [0.15, 0.2) is 29.6 Å². The van der Waals surface area contributed by atoms with Gasteiger partial charge >= 0.3 is 0 Å². The molecule has 0 aliphatic rings. The minimum atomic E-state index is -0.130. The van der Waals surface area contributed by atoms with Crippen LogP contribution >= 0.6 is 11.3 Å². The van der Waals surface area contributed by atoms with Gasteiger partial charge in [-0.25, -0.2) is 4.98 Å². The minimum absolute atomic E-state index is 0.130. The second kappa shape index (κ2) is 7.78. The van der Waals surface area contributed by atoms with Crippen molar-refractivity contribution in [2.24, 2.45) is 0 Å². The van der Waals surface area contributed by atoms with Crippen molar-refractivity contribution >= 4 is 17.2 Å². The molecule has 1 aromatic carbocycles. The lowest BCUT2D eigenvalue weighted by molar-refractivity contribution is 0.0946. The first-order chi connectivity index (χ1) is 10.2. The summed E-state index contributed by atoms with van der Waals surface area (Å²) in [6.45, 7) is 5.16. The molecule has 0 atom stereocenters. The molecular formula is C16H20N2O2S. The molecule has 2 aromatic rings. The van der Waals surface area contributed by atoms with Gasteiger partial charge in [0.1, 0.15) is 10.8 Å². The van der Waals surface area contributed by atoms with Crippen LogP contribution in [0.2, 0.25) is 0 Å². The van der Waals surface area contributed by atoms with Gasteiger partial charge in [0.15, 0.2) is 0 Å². The van der Waals surface area contributed by atoms with Gasteiger partial charge in [0, 0.05) is 5.38 Å². The van der Waals surface area contributed by atoms with E-state index in [0.29, 0.717) is 24.5 Å². The summed E-state index contributed by atoms with van der Waals surface area (Å²) >= 11 is 1.57. The predicted octanol–water partition coefficient (Wildman–Crippen LogP) is 3.42. The Bertz CT molecular complexity index is 595. The zero-order valence-electron chi connectivity index (χ0n) is 12.4. The van der Waals surface area contributed by atoms with Crippen molar-refractivity contribution < 1.29 is 9.53 Å². The van der Waals surface area contributed by atoms with Crippen molar-refractivity contribution in [1.29, 1.82) is 0 Å². The van der Waals surface area contributed by atoms with E-state index in [1.54, 1.807) is 17.4 Å². The molecule has 2 rings (SSSR count). The molecule has 5 heteroatoms. The highest BCUT2D eigenvalue weighted by Crippen LogP contribution is 2.18. The molecule has 1 aromatic heterocycles. The number of aryl methyl sites for hydroxylation is 1. The Kier molecular flexibility index (Phi) is 5.75. The molecule has 0 radical (unpaired) electrons. The molecule has 1 heterocycles. The van der Waals surface area contributed by atoms with Gasteiger partial charge in [0.25, 0.3) is 5.91 Å². The van der Waals surface area contributed by atoms with Gasteiger partial charge in [-0.2, -0.15) is 0 Å². The van der Waals surface area contributed by atoms with E-state index >= 15 is 0 Å². The monoisotopic (exact) mass is 304 g/mol. The van der Waals surface area contributed by atoms with Gasteiger partial charge in [0.05, 0.1) is 24.4 Å². The first kappa shape index (κ1) is 15.5. The lowest BCUT2D eigenvalue weighted by Gasteiger charge is -2.10. The molecule has 4 nitrogen and oxygen atoms in total. The van der Waals surface area contributed by atoms with Gasteiger partial charge in [-0.05, 0) is 25.0 Å². The molecule has 0 aliphatic carbocycles. The summed E-state index contributed by atoms with van der Waals surface area (Å²) in [4.78, 5) is 16.7. The Morgan fingerprint density at radius 3 is 2.86 bits per heavy atom. The van der Waals surface area contributed by atoms with Gasteiger partial charge in [-0.1, -0.05) is 26.0 Å². The van der Waals surface area contributed by atoms with Crippen molar-refractivity contribution in [3.05, 3.63) is 45.9 Å².